The minimum absolute atomic E-state index is 0.376. The van der Waals surface area contributed by atoms with Crippen LogP contribution in [0.5, 0.6) is 0 Å². The number of rotatable bonds is 5. The van der Waals surface area contributed by atoms with Gasteiger partial charge in [0.25, 0.3) is 0 Å². The van der Waals surface area contributed by atoms with E-state index in [9.17, 15) is 0 Å². The van der Waals surface area contributed by atoms with Crippen LogP contribution in [0.1, 0.15) is 51.6 Å². The normalized spacial score (nSPS) is 21.4. The van der Waals surface area contributed by atoms with Crippen molar-refractivity contribution >= 4 is 5.82 Å². The molecule has 1 fully saturated rings. The second-order valence-electron chi connectivity index (χ2n) is 5.79. The monoisotopic (exact) mass is 261 g/mol. The van der Waals surface area contributed by atoms with Crippen molar-refractivity contribution in [2.45, 2.75) is 46.1 Å². The Bertz CT molecular complexity index is 391. The zero-order valence-corrected chi connectivity index (χ0v) is 12.5. The first-order valence-corrected chi connectivity index (χ1v) is 7.65. The predicted molar refractivity (Wildman–Crippen MR) is 81.6 cm³/mol. The molecule has 0 aromatic carbocycles. The van der Waals surface area contributed by atoms with E-state index in [1.807, 2.05) is 6.20 Å². The van der Waals surface area contributed by atoms with E-state index < -0.39 is 0 Å². The van der Waals surface area contributed by atoms with E-state index >= 15 is 0 Å². The third kappa shape index (κ3) is 3.69. The van der Waals surface area contributed by atoms with Gasteiger partial charge in [0.15, 0.2) is 0 Å². The maximum atomic E-state index is 4.65. The molecule has 1 aliphatic heterocycles. The smallest absolute Gasteiger partial charge is 0.133 e. The van der Waals surface area contributed by atoms with Gasteiger partial charge in [-0.1, -0.05) is 19.9 Å². The van der Waals surface area contributed by atoms with E-state index in [1.165, 1.54) is 30.6 Å². The van der Waals surface area contributed by atoms with Crippen molar-refractivity contribution in [2.75, 3.05) is 24.5 Å². The Labute approximate surface area is 117 Å². The van der Waals surface area contributed by atoms with Gasteiger partial charge in [-0.25, -0.2) is 4.98 Å². The number of pyridine rings is 1. The molecule has 2 heterocycles. The Morgan fingerprint density at radius 1 is 1.53 bits per heavy atom. The maximum absolute atomic E-state index is 4.65. The van der Waals surface area contributed by atoms with Gasteiger partial charge in [0, 0.05) is 30.9 Å². The third-order valence-electron chi connectivity index (χ3n) is 3.94. The molecule has 3 heteroatoms. The largest absolute Gasteiger partial charge is 0.356 e. The second kappa shape index (κ2) is 6.90. The summed E-state index contributed by atoms with van der Waals surface area (Å²) in [5, 5.41) is 3.57. The summed E-state index contributed by atoms with van der Waals surface area (Å²) >= 11 is 0. The molecule has 1 aromatic heterocycles. The van der Waals surface area contributed by atoms with Gasteiger partial charge in [0.05, 0.1) is 0 Å². The summed E-state index contributed by atoms with van der Waals surface area (Å²) in [6.45, 7) is 10.1. The van der Waals surface area contributed by atoms with E-state index in [0.717, 1.165) is 25.6 Å². The standard InChI is InChI=1S/C16H27N3/c1-4-9-17-14(3)15-8-5-10-18-16(15)19-11-6-7-13(2)12-19/h5,8,10,13-14,17H,4,6-7,9,11-12H2,1-3H3. The number of aromatic nitrogens is 1. The molecule has 0 aliphatic carbocycles. The zero-order chi connectivity index (χ0) is 13.7. The van der Waals surface area contributed by atoms with Crippen LogP contribution in [0, 0.1) is 5.92 Å². The fourth-order valence-corrected chi connectivity index (χ4v) is 2.86. The highest BCUT2D eigenvalue weighted by Crippen LogP contribution is 2.27. The van der Waals surface area contributed by atoms with Gasteiger partial charge in [0.2, 0.25) is 0 Å². The van der Waals surface area contributed by atoms with Crippen LogP contribution in [0.3, 0.4) is 0 Å². The molecule has 2 unspecified atom stereocenters. The van der Waals surface area contributed by atoms with Crippen molar-refractivity contribution in [3.63, 3.8) is 0 Å². The van der Waals surface area contributed by atoms with Gasteiger partial charge < -0.3 is 10.2 Å². The summed E-state index contributed by atoms with van der Waals surface area (Å²) in [6, 6.07) is 4.64. The van der Waals surface area contributed by atoms with Gasteiger partial charge in [-0.2, -0.15) is 0 Å². The Kier molecular flexibility index (Phi) is 5.20. The van der Waals surface area contributed by atoms with Crippen LogP contribution in [0.15, 0.2) is 18.3 Å². The van der Waals surface area contributed by atoms with Crippen molar-refractivity contribution < 1.29 is 0 Å². The Morgan fingerprint density at radius 3 is 3.11 bits per heavy atom. The minimum atomic E-state index is 0.376. The lowest BCUT2D eigenvalue weighted by atomic mass is 9.99. The van der Waals surface area contributed by atoms with E-state index in [4.69, 9.17) is 0 Å². The van der Waals surface area contributed by atoms with Crippen LogP contribution in [-0.2, 0) is 0 Å². The second-order valence-corrected chi connectivity index (χ2v) is 5.79. The molecule has 0 radical (unpaired) electrons. The molecule has 1 aliphatic rings. The summed E-state index contributed by atoms with van der Waals surface area (Å²) in [4.78, 5) is 7.12. The molecule has 0 spiro atoms. The van der Waals surface area contributed by atoms with Gasteiger partial charge in [-0.05, 0) is 44.7 Å². The Balaban J connectivity index is 2.15. The summed E-state index contributed by atoms with van der Waals surface area (Å²) in [7, 11) is 0. The Hall–Kier alpha value is -1.09. The molecule has 0 amide bonds. The average Bonchev–Trinajstić information content (AvgIpc) is 2.45. The van der Waals surface area contributed by atoms with Gasteiger partial charge >= 0.3 is 0 Å². The van der Waals surface area contributed by atoms with Crippen LogP contribution in [0.25, 0.3) is 0 Å². The average molecular weight is 261 g/mol. The molecule has 2 atom stereocenters. The highest BCUT2D eigenvalue weighted by molar-refractivity contribution is 5.48. The zero-order valence-electron chi connectivity index (χ0n) is 12.5. The van der Waals surface area contributed by atoms with Crippen molar-refractivity contribution in [3.05, 3.63) is 23.9 Å². The summed E-state index contributed by atoms with van der Waals surface area (Å²) < 4.78 is 0. The highest BCUT2D eigenvalue weighted by atomic mass is 15.2. The fourth-order valence-electron chi connectivity index (χ4n) is 2.86. The van der Waals surface area contributed by atoms with Crippen LogP contribution in [0.2, 0.25) is 0 Å². The molecular weight excluding hydrogens is 234 g/mol. The third-order valence-corrected chi connectivity index (χ3v) is 3.94. The first-order chi connectivity index (χ1) is 9.22. The summed E-state index contributed by atoms with van der Waals surface area (Å²) in [5.74, 6) is 1.97. The lowest BCUT2D eigenvalue weighted by Gasteiger charge is -2.34. The molecule has 0 saturated carbocycles. The molecule has 3 nitrogen and oxygen atoms in total. The minimum Gasteiger partial charge on any atom is -0.356 e. The molecule has 1 N–H and O–H groups in total. The van der Waals surface area contributed by atoms with Crippen molar-refractivity contribution in [1.29, 1.82) is 0 Å². The van der Waals surface area contributed by atoms with Crippen molar-refractivity contribution in [1.82, 2.24) is 10.3 Å². The van der Waals surface area contributed by atoms with Crippen LogP contribution < -0.4 is 10.2 Å². The lowest BCUT2D eigenvalue weighted by molar-refractivity contribution is 0.442. The first kappa shape index (κ1) is 14.3. The van der Waals surface area contributed by atoms with Crippen LogP contribution in [-0.4, -0.2) is 24.6 Å². The number of piperidine rings is 1. The number of hydrogen-bond donors (Lipinski definition) is 1. The van der Waals surface area contributed by atoms with Crippen molar-refractivity contribution in [2.24, 2.45) is 5.92 Å². The van der Waals surface area contributed by atoms with Gasteiger partial charge in [-0.15, -0.1) is 0 Å². The van der Waals surface area contributed by atoms with E-state index in [0.29, 0.717) is 6.04 Å². The lowest BCUT2D eigenvalue weighted by Crippen LogP contribution is -2.36. The van der Waals surface area contributed by atoms with Crippen LogP contribution >= 0.6 is 0 Å². The molecule has 19 heavy (non-hydrogen) atoms. The molecule has 106 valence electrons. The van der Waals surface area contributed by atoms with Gasteiger partial charge in [0.1, 0.15) is 5.82 Å². The van der Waals surface area contributed by atoms with Crippen LogP contribution in [0.4, 0.5) is 5.82 Å². The number of hydrogen-bond acceptors (Lipinski definition) is 3. The van der Waals surface area contributed by atoms with E-state index in [-0.39, 0.29) is 0 Å². The SMILES string of the molecule is CCCNC(C)c1cccnc1N1CCCC(C)C1. The highest BCUT2D eigenvalue weighted by Gasteiger charge is 2.21. The van der Waals surface area contributed by atoms with E-state index in [2.05, 4.69) is 48.1 Å². The number of anilines is 1. The first-order valence-electron chi connectivity index (χ1n) is 7.65. The number of nitrogens with one attached hydrogen (secondary N) is 1. The molecule has 1 aromatic rings. The van der Waals surface area contributed by atoms with Gasteiger partial charge in [-0.3, -0.25) is 0 Å². The maximum Gasteiger partial charge on any atom is 0.133 e. The predicted octanol–water partition coefficient (Wildman–Crippen LogP) is 3.38. The summed E-state index contributed by atoms with van der Waals surface area (Å²) in [6.07, 6.45) is 5.72. The fraction of sp³-hybridized carbons (Fsp3) is 0.688. The topological polar surface area (TPSA) is 28.2 Å². The quantitative estimate of drug-likeness (QED) is 0.880. The molecule has 1 saturated heterocycles. The number of nitrogens with zero attached hydrogens (tertiary/aromatic N) is 2. The van der Waals surface area contributed by atoms with Crippen molar-refractivity contribution in [3.8, 4) is 0 Å². The molecular formula is C16H27N3. The molecule has 2 rings (SSSR count). The Morgan fingerprint density at radius 2 is 2.37 bits per heavy atom. The summed E-state index contributed by atoms with van der Waals surface area (Å²) in [5.41, 5.74) is 1.34. The molecule has 0 bridgehead atoms. The van der Waals surface area contributed by atoms with E-state index in [1.54, 1.807) is 0 Å².